The van der Waals surface area contributed by atoms with E-state index in [-0.39, 0.29) is 11.1 Å². The molecular weight excluding hydrogens is 370 g/mol. The van der Waals surface area contributed by atoms with Crippen molar-refractivity contribution in [1.29, 1.82) is 0 Å². The van der Waals surface area contributed by atoms with Crippen LogP contribution in [0.3, 0.4) is 0 Å². The molecule has 0 bridgehead atoms. The molecule has 0 spiro atoms. The first-order valence-electron chi connectivity index (χ1n) is 6.22. The number of hydrogen-bond acceptors (Lipinski definition) is 4. The predicted molar refractivity (Wildman–Crippen MR) is 86.3 cm³/mol. The van der Waals surface area contributed by atoms with Crippen molar-refractivity contribution < 1.29 is 4.79 Å². The predicted octanol–water partition coefficient (Wildman–Crippen LogP) is 3.33. The number of carbonyl (C=O) groups excluding carboxylic acids is 1. The van der Waals surface area contributed by atoms with Crippen LogP contribution in [0.5, 0.6) is 0 Å². The van der Waals surface area contributed by atoms with Gasteiger partial charge < -0.3 is 5.32 Å². The number of amides is 1. The minimum Gasteiger partial charge on any atom is -0.319 e. The Labute approximate surface area is 139 Å². The zero-order valence-corrected chi connectivity index (χ0v) is 13.4. The van der Waals surface area contributed by atoms with E-state index in [4.69, 9.17) is 11.6 Å². The maximum absolute atomic E-state index is 12.3. The number of carbonyl (C=O) groups is 1. The van der Waals surface area contributed by atoms with Crippen molar-refractivity contribution in [2.24, 2.45) is 0 Å². The molecule has 1 amide bonds. The maximum Gasteiger partial charge on any atom is 0.258 e. The van der Waals surface area contributed by atoms with Crippen LogP contribution < -0.4 is 5.32 Å². The van der Waals surface area contributed by atoms with Crippen molar-refractivity contribution in [3.63, 3.8) is 0 Å². The number of anilines is 1. The van der Waals surface area contributed by atoms with Gasteiger partial charge >= 0.3 is 0 Å². The van der Waals surface area contributed by atoms with E-state index in [2.05, 4.69) is 36.3 Å². The number of pyridine rings is 2. The molecule has 0 saturated heterocycles. The molecule has 8 heteroatoms. The Morgan fingerprint density at radius 2 is 2.00 bits per heavy atom. The SMILES string of the molecule is O=C(Nc1cccnc1-n1cc(Br)cn1)c1cccnc1Cl. The second kappa shape index (κ2) is 6.25. The monoisotopic (exact) mass is 377 g/mol. The summed E-state index contributed by atoms with van der Waals surface area (Å²) in [4.78, 5) is 20.5. The molecule has 1 N–H and O–H groups in total. The van der Waals surface area contributed by atoms with E-state index in [0.717, 1.165) is 4.47 Å². The number of nitrogens with one attached hydrogen (secondary N) is 1. The summed E-state index contributed by atoms with van der Waals surface area (Å²) >= 11 is 9.26. The number of rotatable bonds is 3. The van der Waals surface area contributed by atoms with Gasteiger partial charge in [0, 0.05) is 18.6 Å². The summed E-state index contributed by atoms with van der Waals surface area (Å²) in [5.74, 6) is 0.139. The van der Waals surface area contributed by atoms with Crippen molar-refractivity contribution in [2.45, 2.75) is 0 Å². The van der Waals surface area contributed by atoms with Gasteiger partial charge in [-0.2, -0.15) is 5.10 Å². The molecule has 110 valence electrons. The van der Waals surface area contributed by atoms with Gasteiger partial charge in [0.1, 0.15) is 5.15 Å². The molecule has 3 rings (SSSR count). The fourth-order valence-corrected chi connectivity index (χ4v) is 2.33. The van der Waals surface area contributed by atoms with Gasteiger partial charge in [0.25, 0.3) is 5.91 Å². The van der Waals surface area contributed by atoms with Gasteiger partial charge in [-0.3, -0.25) is 4.79 Å². The first kappa shape index (κ1) is 14.7. The highest BCUT2D eigenvalue weighted by Gasteiger charge is 2.14. The van der Waals surface area contributed by atoms with Crippen LogP contribution in [0.15, 0.2) is 53.5 Å². The van der Waals surface area contributed by atoms with Crippen LogP contribution in [-0.4, -0.2) is 25.7 Å². The van der Waals surface area contributed by atoms with Crippen molar-refractivity contribution in [3.05, 3.63) is 64.2 Å². The second-order valence-corrected chi connectivity index (χ2v) is 5.55. The smallest absolute Gasteiger partial charge is 0.258 e. The second-order valence-electron chi connectivity index (χ2n) is 4.27. The van der Waals surface area contributed by atoms with E-state index < -0.39 is 0 Å². The highest BCUT2D eigenvalue weighted by atomic mass is 79.9. The van der Waals surface area contributed by atoms with Crippen LogP contribution in [0.25, 0.3) is 5.82 Å². The minimum atomic E-state index is -0.362. The molecule has 0 atom stereocenters. The largest absolute Gasteiger partial charge is 0.319 e. The van der Waals surface area contributed by atoms with Crippen LogP contribution in [0.1, 0.15) is 10.4 Å². The molecule has 22 heavy (non-hydrogen) atoms. The average Bonchev–Trinajstić information content (AvgIpc) is 2.94. The summed E-state index contributed by atoms with van der Waals surface area (Å²) in [5, 5.41) is 7.08. The van der Waals surface area contributed by atoms with E-state index in [1.165, 1.54) is 6.20 Å². The molecule has 3 aromatic heterocycles. The quantitative estimate of drug-likeness (QED) is 0.710. The van der Waals surface area contributed by atoms with Gasteiger partial charge in [0.05, 0.1) is 21.9 Å². The van der Waals surface area contributed by atoms with E-state index >= 15 is 0 Å². The molecule has 0 aliphatic heterocycles. The summed E-state index contributed by atoms with van der Waals surface area (Å²) in [6, 6.07) is 6.71. The van der Waals surface area contributed by atoms with Gasteiger partial charge in [0.15, 0.2) is 5.82 Å². The lowest BCUT2D eigenvalue weighted by molar-refractivity contribution is 0.102. The molecule has 0 unspecified atom stereocenters. The fourth-order valence-electron chi connectivity index (χ4n) is 1.84. The minimum absolute atomic E-state index is 0.146. The standard InChI is InChI=1S/C14H9BrClN5O/c15-9-7-19-21(8-9)13-11(4-2-6-18-13)20-14(22)10-3-1-5-17-12(10)16/h1-8H,(H,20,22). The fraction of sp³-hybridized carbons (Fsp3) is 0. The number of halogens is 2. The van der Waals surface area contributed by atoms with E-state index in [1.807, 2.05) is 0 Å². The summed E-state index contributed by atoms with van der Waals surface area (Å²) < 4.78 is 2.37. The molecule has 0 radical (unpaired) electrons. The molecule has 0 aromatic carbocycles. The van der Waals surface area contributed by atoms with Crippen molar-refractivity contribution in [2.75, 3.05) is 5.32 Å². The van der Waals surface area contributed by atoms with E-state index in [0.29, 0.717) is 17.1 Å². The molecule has 0 fully saturated rings. The Bertz CT molecular complexity index is 835. The zero-order valence-electron chi connectivity index (χ0n) is 11.1. The summed E-state index contributed by atoms with van der Waals surface area (Å²) in [6.45, 7) is 0. The average molecular weight is 379 g/mol. The van der Waals surface area contributed by atoms with E-state index in [9.17, 15) is 4.79 Å². The summed E-state index contributed by atoms with van der Waals surface area (Å²) in [6.07, 6.45) is 6.53. The van der Waals surface area contributed by atoms with Gasteiger partial charge in [-0.1, -0.05) is 11.6 Å². The lowest BCUT2D eigenvalue weighted by Crippen LogP contribution is -2.15. The van der Waals surface area contributed by atoms with Gasteiger partial charge in [-0.15, -0.1) is 0 Å². The normalized spacial score (nSPS) is 10.5. The topological polar surface area (TPSA) is 72.7 Å². The highest BCUT2D eigenvalue weighted by molar-refractivity contribution is 9.10. The molecule has 0 aliphatic rings. The molecule has 3 aromatic rings. The van der Waals surface area contributed by atoms with Crippen LogP contribution in [-0.2, 0) is 0 Å². The summed E-state index contributed by atoms with van der Waals surface area (Å²) in [7, 11) is 0. The third kappa shape index (κ3) is 3.00. The first-order valence-corrected chi connectivity index (χ1v) is 7.39. The molecule has 3 heterocycles. The Morgan fingerprint density at radius 3 is 2.73 bits per heavy atom. The van der Waals surface area contributed by atoms with Crippen LogP contribution in [0.2, 0.25) is 5.15 Å². The zero-order chi connectivity index (χ0) is 15.5. The third-order valence-corrected chi connectivity index (χ3v) is 3.52. The Morgan fingerprint density at radius 1 is 1.23 bits per heavy atom. The molecule has 0 aliphatic carbocycles. The van der Waals surface area contributed by atoms with Crippen molar-refractivity contribution in [1.82, 2.24) is 19.7 Å². The Hall–Kier alpha value is -2.25. The van der Waals surface area contributed by atoms with Gasteiger partial charge in [0.2, 0.25) is 0 Å². The van der Waals surface area contributed by atoms with Crippen LogP contribution >= 0.6 is 27.5 Å². The summed E-state index contributed by atoms with van der Waals surface area (Å²) in [5.41, 5.74) is 0.809. The molecule has 6 nitrogen and oxygen atoms in total. The lowest BCUT2D eigenvalue weighted by atomic mass is 10.2. The maximum atomic E-state index is 12.3. The van der Waals surface area contributed by atoms with E-state index in [1.54, 1.807) is 47.5 Å². The van der Waals surface area contributed by atoms with Gasteiger partial charge in [-0.25, -0.2) is 14.6 Å². The lowest BCUT2D eigenvalue weighted by Gasteiger charge is -2.10. The highest BCUT2D eigenvalue weighted by Crippen LogP contribution is 2.20. The van der Waals surface area contributed by atoms with Crippen LogP contribution in [0.4, 0.5) is 5.69 Å². The molecular formula is C14H9BrClN5O. The van der Waals surface area contributed by atoms with Crippen LogP contribution in [0, 0.1) is 0 Å². The number of hydrogen-bond donors (Lipinski definition) is 1. The Kier molecular flexibility index (Phi) is 4.17. The number of nitrogens with zero attached hydrogens (tertiary/aromatic N) is 4. The van der Waals surface area contributed by atoms with Crippen molar-refractivity contribution in [3.8, 4) is 5.82 Å². The Balaban J connectivity index is 1.93. The van der Waals surface area contributed by atoms with Gasteiger partial charge in [-0.05, 0) is 40.2 Å². The molecule has 0 saturated carbocycles. The number of aromatic nitrogens is 4. The third-order valence-electron chi connectivity index (χ3n) is 2.81. The van der Waals surface area contributed by atoms with Crippen molar-refractivity contribution >= 4 is 39.1 Å². The first-order chi connectivity index (χ1) is 10.6.